The molecule has 156 valence electrons. The number of piperidine rings is 1. The maximum Gasteiger partial charge on any atom is 0.310 e. The normalized spacial score (nSPS) is 17.6. The van der Waals surface area contributed by atoms with Crippen molar-refractivity contribution >= 4 is 17.5 Å². The number of pyridine rings is 1. The summed E-state index contributed by atoms with van der Waals surface area (Å²) in [5, 5.41) is 0. The average molecular weight is 405 g/mol. The fourth-order valence-corrected chi connectivity index (χ4v) is 4.25. The van der Waals surface area contributed by atoms with Crippen molar-refractivity contribution in [2.45, 2.75) is 32.1 Å². The lowest BCUT2D eigenvalue weighted by Gasteiger charge is -2.32. The third-order valence-corrected chi connectivity index (χ3v) is 5.78. The number of ether oxygens (including phenoxy) is 1. The van der Waals surface area contributed by atoms with Crippen LogP contribution in [0, 0.1) is 5.92 Å². The molecule has 0 radical (unpaired) electrons. The smallest absolute Gasteiger partial charge is 0.310 e. The molecule has 0 aliphatic carbocycles. The number of likely N-dealkylation sites (tertiary alicyclic amines) is 1. The molecule has 3 aromatic rings. The Bertz CT molecular complexity index is 1010. The molecular formula is C24H27N3O3. The number of hydrogen-bond donors (Lipinski definition) is 0. The van der Waals surface area contributed by atoms with Crippen LogP contribution in [0.25, 0.3) is 5.65 Å². The van der Waals surface area contributed by atoms with Crippen molar-refractivity contribution in [3.05, 3.63) is 72.2 Å². The zero-order valence-electron chi connectivity index (χ0n) is 17.2. The number of hydrogen-bond acceptors (Lipinski definition) is 4. The van der Waals surface area contributed by atoms with E-state index in [1.54, 1.807) is 0 Å². The minimum absolute atomic E-state index is 0.0590. The van der Waals surface area contributed by atoms with E-state index < -0.39 is 0 Å². The summed E-state index contributed by atoms with van der Waals surface area (Å²) in [5.74, 6) is -0.479. The van der Waals surface area contributed by atoms with E-state index in [4.69, 9.17) is 4.74 Å². The Morgan fingerprint density at radius 3 is 2.77 bits per heavy atom. The number of carbonyl (C=O) groups is 2. The number of esters is 1. The lowest BCUT2D eigenvalue weighted by molar-refractivity contribution is -0.151. The van der Waals surface area contributed by atoms with Gasteiger partial charge in [0.15, 0.2) is 0 Å². The third kappa shape index (κ3) is 4.22. The van der Waals surface area contributed by atoms with Crippen LogP contribution in [-0.4, -0.2) is 45.9 Å². The molecule has 6 heteroatoms. The van der Waals surface area contributed by atoms with E-state index in [0.29, 0.717) is 26.1 Å². The molecule has 1 aromatic carbocycles. The summed E-state index contributed by atoms with van der Waals surface area (Å²) in [6.45, 7) is 3.30. The van der Waals surface area contributed by atoms with E-state index in [1.807, 2.05) is 65.0 Å². The first-order valence-electron chi connectivity index (χ1n) is 10.6. The van der Waals surface area contributed by atoms with Crippen LogP contribution in [0.1, 0.15) is 43.4 Å². The quantitative estimate of drug-likeness (QED) is 0.587. The van der Waals surface area contributed by atoms with Gasteiger partial charge in [0, 0.05) is 37.8 Å². The number of benzene rings is 1. The first kappa shape index (κ1) is 20.1. The molecule has 2 aromatic heterocycles. The monoisotopic (exact) mass is 405 g/mol. The fraction of sp³-hybridized carbons (Fsp3) is 0.375. The molecule has 0 spiro atoms. The first-order valence-corrected chi connectivity index (χ1v) is 10.6. The van der Waals surface area contributed by atoms with Gasteiger partial charge in [0.25, 0.3) is 0 Å². The highest BCUT2D eigenvalue weighted by atomic mass is 16.5. The van der Waals surface area contributed by atoms with Crippen molar-refractivity contribution in [1.29, 1.82) is 0 Å². The van der Waals surface area contributed by atoms with E-state index in [1.165, 1.54) is 0 Å². The minimum Gasteiger partial charge on any atom is -0.466 e. The summed E-state index contributed by atoms with van der Waals surface area (Å²) in [4.78, 5) is 31.8. The first-order chi connectivity index (χ1) is 14.7. The topological polar surface area (TPSA) is 63.9 Å². The number of rotatable bonds is 6. The van der Waals surface area contributed by atoms with Crippen molar-refractivity contribution in [3.8, 4) is 0 Å². The molecule has 2 atom stereocenters. The number of carbonyl (C=O) groups excluding carboxylic acids is 2. The van der Waals surface area contributed by atoms with E-state index in [0.717, 1.165) is 29.7 Å². The maximum atomic E-state index is 13.3. The Morgan fingerprint density at radius 1 is 1.17 bits per heavy atom. The zero-order chi connectivity index (χ0) is 20.9. The van der Waals surface area contributed by atoms with Crippen LogP contribution >= 0.6 is 0 Å². The maximum absolute atomic E-state index is 13.3. The highest BCUT2D eigenvalue weighted by molar-refractivity contribution is 5.79. The summed E-state index contributed by atoms with van der Waals surface area (Å²) in [5.41, 5.74) is 2.93. The molecule has 2 unspecified atom stereocenters. The summed E-state index contributed by atoms with van der Waals surface area (Å²) < 4.78 is 7.22. The zero-order valence-corrected chi connectivity index (χ0v) is 17.2. The number of amides is 1. The summed E-state index contributed by atoms with van der Waals surface area (Å²) in [6.07, 6.45) is 5.77. The van der Waals surface area contributed by atoms with E-state index in [2.05, 4.69) is 17.1 Å². The van der Waals surface area contributed by atoms with Crippen LogP contribution in [0.15, 0.2) is 60.9 Å². The summed E-state index contributed by atoms with van der Waals surface area (Å²) in [7, 11) is 0. The molecule has 1 aliphatic rings. The highest BCUT2D eigenvalue weighted by Crippen LogP contribution is 2.30. The van der Waals surface area contributed by atoms with Gasteiger partial charge in [0.2, 0.25) is 5.91 Å². The Kier molecular flexibility index (Phi) is 6.12. The molecule has 0 N–H and O–H groups in total. The highest BCUT2D eigenvalue weighted by Gasteiger charge is 2.31. The molecule has 1 aliphatic heterocycles. The van der Waals surface area contributed by atoms with Gasteiger partial charge in [-0.2, -0.15) is 0 Å². The predicted molar refractivity (Wildman–Crippen MR) is 114 cm³/mol. The predicted octanol–water partition coefficient (Wildman–Crippen LogP) is 3.66. The second-order valence-corrected chi connectivity index (χ2v) is 7.71. The Labute approximate surface area is 176 Å². The molecule has 1 saturated heterocycles. The van der Waals surface area contributed by atoms with E-state index in [-0.39, 0.29) is 23.7 Å². The van der Waals surface area contributed by atoms with Crippen LogP contribution < -0.4 is 0 Å². The van der Waals surface area contributed by atoms with Crippen molar-refractivity contribution < 1.29 is 14.3 Å². The lowest BCUT2D eigenvalue weighted by atomic mass is 9.91. The Morgan fingerprint density at radius 2 is 1.97 bits per heavy atom. The van der Waals surface area contributed by atoms with Gasteiger partial charge >= 0.3 is 5.97 Å². The molecule has 6 nitrogen and oxygen atoms in total. The van der Waals surface area contributed by atoms with Crippen LogP contribution in [0.5, 0.6) is 0 Å². The number of aromatic nitrogens is 2. The molecule has 1 fully saturated rings. The van der Waals surface area contributed by atoms with Gasteiger partial charge in [-0.15, -0.1) is 0 Å². The number of imidazole rings is 1. The van der Waals surface area contributed by atoms with Crippen LogP contribution in [0.3, 0.4) is 0 Å². The summed E-state index contributed by atoms with van der Waals surface area (Å²) in [6, 6.07) is 16.0. The van der Waals surface area contributed by atoms with Crippen LogP contribution in [0.4, 0.5) is 0 Å². The van der Waals surface area contributed by atoms with Gasteiger partial charge in [-0.3, -0.25) is 9.59 Å². The number of fused-ring (bicyclic) bond motifs is 1. The second-order valence-electron chi connectivity index (χ2n) is 7.71. The molecule has 0 saturated carbocycles. The van der Waals surface area contributed by atoms with Crippen LogP contribution in [-0.2, 0) is 14.3 Å². The van der Waals surface area contributed by atoms with Gasteiger partial charge in [-0.1, -0.05) is 36.4 Å². The van der Waals surface area contributed by atoms with Gasteiger partial charge in [-0.25, -0.2) is 4.98 Å². The number of nitrogens with zero attached hydrogens (tertiary/aromatic N) is 3. The van der Waals surface area contributed by atoms with E-state index in [9.17, 15) is 9.59 Å². The van der Waals surface area contributed by atoms with Gasteiger partial charge in [0.05, 0.1) is 18.2 Å². The fourth-order valence-electron chi connectivity index (χ4n) is 4.25. The van der Waals surface area contributed by atoms with Gasteiger partial charge in [-0.05, 0) is 37.5 Å². The SMILES string of the molecule is CCOC(=O)C1CCCN(C(=O)CC(c2ccccc2)c2cnc3ccccn23)C1. The van der Waals surface area contributed by atoms with Gasteiger partial charge in [0.1, 0.15) is 5.65 Å². The van der Waals surface area contributed by atoms with Crippen molar-refractivity contribution in [2.75, 3.05) is 19.7 Å². The largest absolute Gasteiger partial charge is 0.466 e. The second kappa shape index (κ2) is 9.11. The molecule has 1 amide bonds. The Balaban J connectivity index is 1.58. The lowest BCUT2D eigenvalue weighted by Crippen LogP contribution is -2.43. The van der Waals surface area contributed by atoms with Crippen molar-refractivity contribution in [3.63, 3.8) is 0 Å². The molecule has 30 heavy (non-hydrogen) atoms. The molecule has 4 rings (SSSR count). The Hall–Kier alpha value is -3.15. The van der Waals surface area contributed by atoms with E-state index >= 15 is 0 Å². The molecular weight excluding hydrogens is 378 g/mol. The molecule has 3 heterocycles. The molecule has 0 bridgehead atoms. The standard InChI is InChI=1S/C24H27N3O3/c1-2-30-24(29)19-11-8-13-26(17-19)23(28)15-20(18-9-4-3-5-10-18)21-16-25-22-12-6-7-14-27(21)22/h3-7,9-10,12,14,16,19-20H,2,8,11,13,15,17H2,1H3. The third-order valence-electron chi connectivity index (χ3n) is 5.78. The average Bonchev–Trinajstić information content (AvgIpc) is 3.22. The van der Waals surface area contributed by atoms with Crippen molar-refractivity contribution in [2.24, 2.45) is 5.92 Å². The van der Waals surface area contributed by atoms with Crippen molar-refractivity contribution in [1.82, 2.24) is 14.3 Å². The summed E-state index contributed by atoms with van der Waals surface area (Å²) >= 11 is 0. The minimum atomic E-state index is -0.228. The van der Waals surface area contributed by atoms with Gasteiger partial charge < -0.3 is 14.0 Å². The van der Waals surface area contributed by atoms with Crippen LogP contribution in [0.2, 0.25) is 0 Å².